The third-order valence-corrected chi connectivity index (χ3v) is 3.61. The van der Waals surface area contributed by atoms with Crippen LogP contribution in [0.1, 0.15) is 5.56 Å². The number of anilines is 1. The van der Waals surface area contributed by atoms with Crippen LogP contribution in [-0.2, 0) is 16.4 Å². The van der Waals surface area contributed by atoms with E-state index in [0.717, 1.165) is 12.0 Å². The molecule has 5 nitrogen and oxygen atoms in total. The van der Waals surface area contributed by atoms with E-state index in [4.69, 9.17) is 5.14 Å². The molecule has 100 valence electrons. The highest BCUT2D eigenvalue weighted by Gasteiger charge is 2.12. The summed E-state index contributed by atoms with van der Waals surface area (Å²) in [4.78, 5) is 4.14. The van der Waals surface area contributed by atoms with Gasteiger partial charge >= 0.3 is 0 Å². The highest BCUT2D eigenvalue weighted by atomic mass is 32.2. The van der Waals surface area contributed by atoms with Gasteiger partial charge in [0.2, 0.25) is 10.0 Å². The maximum absolute atomic E-state index is 11.4. The average molecular weight is 277 g/mol. The Bertz CT molecular complexity index is 642. The van der Waals surface area contributed by atoms with E-state index in [1.54, 1.807) is 30.6 Å². The van der Waals surface area contributed by atoms with E-state index in [1.165, 1.54) is 6.07 Å². The average Bonchev–Trinajstić information content (AvgIpc) is 2.39. The van der Waals surface area contributed by atoms with E-state index in [1.807, 2.05) is 12.1 Å². The van der Waals surface area contributed by atoms with Crippen molar-refractivity contribution in [2.24, 2.45) is 5.14 Å². The third-order valence-electron chi connectivity index (χ3n) is 2.65. The molecule has 0 atom stereocenters. The smallest absolute Gasteiger partial charge is 0.240 e. The predicted molar refractivity (Wildman–Crippen MR) is 74.2 cm³/mol. The summed E-state index contributed by atoms with van der Waals surface area (Å²) in [6, 6.07) is 10.4. The maximum Gasteiger partial charge on any atom is 0.240 e. The van der Waals surface area contributed by atoms with Gasteiger partial charge in [0.05, 0.1) is 5.69 Å². The molecular weight excluding hydrogens is 262 g/mol. The molecule has 3 N–H and O–H groups in total. The van der Waals surface area contributed by atoms with Gasteiger partial charge in [-0.25, -0.2) is 13.6 Å². The lowest BCUT2D eigenvalue weighted by Gasteiger charge is -2.10. The van der Waals surface area contributed by atoms with E-state index in [9.17, 15) is 8.42 Å². The molecule has 6 heteroatoms. The summed E-state index contributed by atoms with van der Waals surface area (Å²) < 4.78 is 22.8. The summed E-state index contributed by atoms with van der Waals surface area (Å²) in [6.07, 6.45) is 4.26. The number of nitrogens with two attached hydrogens (primary N) is 1. The van der Waals surface area contributed by atoms with Gasteiger partial charge in [0.1, 0.15) is 4.90 Å². The SMILES string of the molecule is NS(=O)(=O)c1ccccc1NCCc1cccnc1. The second-order valence-electron chi connectivity index (χ2n) is 4.08. The Labute approximate surface area is 112 Å². The van der Waals surface area contributed by atoms with E-state index in [-0.39, 0.29) is 4.90 Å². The first kappa shape index (κ1) is 13.5. The second kappa shape index (κ2) is 5.81. The lowest BCUT2D eigenvalue weighted by molar-refractivity contribution is 0.598. The standard InChI is InChI=1S/C13H15N3O2S/c14-19(17,18)13-6-2-1-5-12(13)16-9-7-11-4-3-8-15-10-11/h1-6,8,10,16H,7,9H2,(H2,14,17,18). The fourth-order valence-corrected chi connectivity index (χ4v) is 2.46. The van der Waals surface area contributed by atoms with Crippen molar-refractivity contribution in [3.05, 3.63) is 54.4 Å². The van der Waals surface area contributed by atoms with E-state index < -0.39 is 10.0 Å². The minimum Gasteiger partial charge on any atom is -0.384 e. The van der Waals surface area contributed by atoms with Crippen LogP contribution in [0, 0.1) is 0 Å². The molecule has 0 saturated heterocycles. The minimum atomic E-state index is -3.70. The molecule has 2 rings (SSSR count). The molecule has 0 amide bonds. The Hall–Kier alpha value is -1.92. The molecule has 0 bridgehead atoms. The number of sulfonamides is 1. The van der Waals surface area contributed by atoms with Crippen molar-refractivity contribution in [1.82, 2.24) is 4.98 Å². The van der Waals surface area contributed by atoms with Crippen LogP contribution in [0.2, 0.25) is 0 Å². The minimum absolute atomic E-state index is 0.112. The van der Waals surface area contributed by atoms with Gasteiger partial charge in [-0.05, 0) is 30.2 Å². The number of hydrogen-bond acceptors (Lipinski definition) is 4. The summed E-state index contributed by atoms with van der Waals surface area (Å²) in [6.45, 7) is 0.609. The summed E-state index contributed by atoms with van der Waals surface area (Å²) in [5.41, 5.74) is 1.61. The molecule has 19 heavy (non-hydrogen) atoms. The van der Waals surface area contributed by atoms with Gasteiger partial charge in [-0.3, -0.25) is 4.98 Å². The number of para-hydroxylation sites is 1. The van der Waals surface area contributed by atoms with Crippen molar-refractivity contribution in [3.63, 3.8) is 0 Å². The van der Waals surface area contributed by atoms with Crippen molar-refractivity contribution in [2.75, 3.05) is 11.9 Å². The maximum atomic E-state index is 11.4. The molecule has 0 fully saturated rings. The third kappa shape index (κ3) is 3.77. The molecule has 2 aromatic rings. The first-order valence-electron chi connectivity index (χ1n) is 5.82. The molecule has 1 heterocycles. The zero-order chi connectivity index (χ0) is 13.7. The molecule has 0 aliphatic rings. The van der Waals surface area contributed by atoms with Crippen molar-refractivity contribution >= 4 is 15.7 Å². The monoisotopic (exact) mass is 277 g/mol. The number of hydrogen-bond donors (Lipinski definition) is 2. The number of pyridine rings is 1. The predicted octanol–water partition coefficient (Wildman–Crippen LogP) is 1.38. The Morgan fingerprint density at radius 3 is 2.63 bits per heavy atom. The van der Waals surface area contributed by atoms with Crippen LogP contribution in [0.5, 0.6) is 0 Å². The number of benzene rings is 1. The van der Waals surface area contributed by atoms with E-state index >= 15 is 0 Å². The zero-order valence-corrected chi connectivity index (χ0v) is 11.1. The molecule has 1 aromatic carbocycles. The molecule has 0 aliphatic heterocycles. The lowest BCUT2D eigenvalue weighted by atomic mass is 10.2. The second-order valence-corrected chi connectivity index (χ2v) is 5.61. The van der Waals surface area contributed by atoms with Crippen LogP contribution in [0.15, 0.2) is 53.7 Å². The molecule has 1 aromatic heterocycles. The highest BCUT2D eigenvalue weighted by molar-refractivity contribution is 7.89. The Morgan fingerprint density at radius 2 is 1.95 bits per heavy atom. The van der Waals surface area contributed by atoms with Gasteiger partial charge in [0.25, 0.3) is 0 Å². The summed E-state index contributed by atoms with van der Waals surface area (Å²) >= 11 is 0. The first-order chi connectivity index (χ1) is 9.07. The van der Waals surface area contributed by atoms with Gasteiger partial charge in [-0.15, -0.1) is 0 Å². The van der Waals surface area contributed by atoms with E-state index in [2.05, 4.69) is 10.3 Å². The normalized spacial score (nSPS) is 11.2. The van der Waals surface area contributed by atoms with Crippen LogP contribution in [0.3, 0.4) is 0 Å². The van der Waals surface area contributed by atoms with Gasteiger partial charge < -0.3 is 5.32 Å². The van der Waals surface area contributed by atoms with Crippen molar-refractivity contribution in [2.45, 2.75) is 11.3 Å². The zero-order valence-electron chi connectivity index (χ0n) is 10.3. The van der Waals surface area contributed by atoms with Crippen molar-refractivity contribution in [1.29, 1.82) is 0 Å². The summed E-state index contributed by atoms with van der Waals surface area (Å²) in [5, 5.41) is 8.24. The quantitative estimate of drug-likeness (QED) is 0.864. The van der Waals surface area contributed by atoms with Gasteiger partial charge in [-0.2, -0.15) is 0 Å². The fourth-order valence-electron chi connectivity index (χ4n) is 1.75. The number of rotatable bonds is 5. The Morgan fingerprint density at radius 1 is 1.16 bits per heavy atom. The number of nitrogens with one attached hydrogen (secondary N) is 1. The van der Waals surface area contributed by atoms with Crippen LogP contribution >= 0.6 is 0 Å². The van der Waals surface area contributed by atoms with Gasteiger partial charge in [-0.1, -0.05) is 18.2 Å². The summed E-state index contributed by atoms with van der Waals surface area (Å²) in [5.74, 6) is 0. The van der Waals surface area contributed by atoms with Crippen molar-refractivity contribution < 1.29 is 8.42 Å². The van der Waals surface area contributed by atoms with Gasteiger partial charge in [0.15, 0.2) is 0 Å². The molecule has 0 aliphatic carbocycles. The lowest BCUT2D eigenvalue weighted by Crippen LogP contribution is -2.15. The fraction of sp³-hybridized carbons (Fsp3) is 0.154. The van der Waals surface area contributed by atoms with Crippen molar-refractivity contribution in [3.8, 4) is 0 Å². The topological polar surface area (TPSA) is 85.1 Å². The molecule has 0 radical (unpaired) electrons. The van der Waals surface area contributed by atoms with Crippen LogP contribution in [0.25, 0.3) is 0 Å². The summed E-state index contributed by atoms with van der Waals surface area (Å²) in [7, 11) is -3.70. The largest absolute Gasteiger partial charge is 0.384 e. The first-order valence-corrected chi connectivity index (χ1v) is 7.36. The van der Waals surface area contributed by atoms with Crippen LogP contribution in [-0.4, -0.2) is 19.9 Å². The number of nitrogens with zero attached hydrogens (tertiary/aromatic N) is 1. The molecule has 0 unspecified atom stereocenters. The van der Waals surface area contributed by atoms with Crippen LogP contribution in [0.4, 0.5) is 5.69 Å². The molecule has 0 saturated carbocycles. The molecule has 0 spiro atoms. The van der Waals surface area contributed by atoms with Crippen LogP contribution < -0.4 is 10.5 Å². The number of aromatic nitrogens is 1. The van der Waals surface area contributed by atoms with E-state index in [0.29, 0.717) is 12.2 Å². The highest BCUT2D eigenvalue weighted by Crippen LogP contribution is 2.19. The Kier molecular flexibility index (Phi) is 4.13. The molecular formula is C13H15N3O2S. The number of primary sulfonamides is 1. The van der Waals surface area contributed by atoms with Gasteiger partial charge in [0, 0.05) is 18.9 Å². The Balaban J connectivity index is 2.05.